The highest BCUT2D eigenvalue weighted by atomic mass is 16.3. The second-order valence-electron chi connectivity index (χ2n) is 5.45. The quantitative estimate of drug-likeness (QED) is 0.872. The first-order valence-electron chi connectivity index (χ1n) is 6.89. The lowest BCUT2D eigenvalue weighted by Crippen LogP contribution is -2.46. The van der Waals surface area contributed by atoms with E-state index in [0.29, 0.717) is 12.2 Å². The number of rotatable bonds is 3. The first kappa shape index (κ1) is 13.2. The third kappa shape index (κ3) is 2.57. The maximum absolute atomic E-state index is 10.8. The molecule has 106 valence electrons. The molecule has 1 fully saturated rings. The van der Waals surface area contributed by atoms with Crippen molar-refractivity contribution in [2.75, 3.05) is 13.1 Å². The number of nitrogens with zero attached hydrogens (tertiary/aromatic N) is 4. The number of hydrogen-bond donors (Lipinski definition) is 2. The summed E-state index contributed by atoms with van der Waals surface area (Å²) in [4.78, 5) is 6.57. The van der Waals surface area contributed by atoms with Crippen molar-refractivity contribution in [2.45, 2.75) is 31.9 Å². The van der Waals surface area contributed by atoms with Crippen molar-refractivity contribution in [1.82, 2.24) is 25.3 Å². The number of aromatic amines is 1. The summed E-state index contributed by atoms with van der Waals surface area (Å²) in [6.45, 7) is 4.38. The van der Waals surface area contributed by atoms with Gasteiger partial charge < -0.3 is 5.11 Å². The van der Waals surface area contributed by atoms with Crippen LogP contribution < -0.4 is 0 Å². The van der Waals surface area contributed by atoms with Crippen molar-refractivity contribution in [1.29, 1.82) is 0 Å². The van der Waals surface area contributed by atoms with E-state index in [9.17, 15) is 5.11 Å². The fraction of sp³-hybridized carbons (Fsp3) is 0.500. The van der Waals surface area contributed by atoms with Crippen LogP contribution in [0.15, 0.2) is 24.5 Å². The van der Waals surface area contributed by atoms with Crippen molar-refractivity contribution in [3.05, 3.63) is 41.5 Å². The van der Waals surface area contributed by atoms with Crippen LogP contribution >= 0.6 is 0 Å². The van der Waals surface area contributed by atoms with Crippen LogP contribution in [0.5, 0.6) is 0 Å². The topological polar surface area (TPSA) is 77.9 Å². The zero-order chi connectivity index (χ0) is 14.0. The Bertz CT molecular complexity index is 571. The second kappa shape index (κ2) is 5.30. The van der Waals surface area contributed by atoms with Gasteiger partial charge in [0.2, 0.25) is 0 Å². The molecule has 20 heavy (non-hydrogen) atoms. The van der Waals surface area contributed by atoms with Gasteiger partial charge in [0.15, 0.2) is 0 Å². The van der Waals surface area contributed by atoms with Gasteiger partial charge in [0.05, 0.1) is 6.20 Å². The Kier molecular flexibility index (Phi) is 3.50. The molecule has 2 N–H and O–H groups in total. The Labute approximate surface area is 117 Å². The van der Waals surface area contributed by atoms with E-state index in [4.69, 9.17) is 0 Å². The Morgan fingerprint density at radius 1 is 1.50 bits per heavy atom. The van der Waals surface area contributed by atoms with Crippen molar-refractivity contribution < 1.29 is 5.11 Å². The fourth-order valence-corrected chi connectivity index (χ4v) is 2.82. The molecule has 1 aliphatic heterocycles. The molecule has 0 amide bonds. The molecule has 0 spiro atoms. The van der Waals surface area contributed by atoms with Crippen LogP contribution in [-0.4, -0.2) is 43.5 Å². The number of hydrogen-bond acceptors (Lipinski definition) is 5. The van der Waals surface area contributed by atoms with Gasteiger partial charge in [-0.2, -0.15) is 15.4 Å². The van der Waals surface area contributed by atoms with E-state index < -0.39 is 5.60 Å². The van der Waals surface area contributed by atoms with E-state index in [0.717, 1.165) is 31.6 Å². The Balaban J connectivity index is 1.74. The molecule has 1 atom stereocenters. The van der Waals surface area contributed by atoms with Gasteiger partial charge in [0.25, 0.3) is 0 Å². The number of nitrogens with one attached hydrogen (secondary N) is 1. The van der Waals surface area contributed by atoms with Gasteiger partial charge in [-0.05, 0) is 37.9 Å². The third-order valence-corrected chi connectivity index (χ3v) is 3.95. The summed E-state index contributed by atoms with van der Waals surface area (Å²) in [6.07, 6.45) is 5.09. The fourth-order valence-electron chi connectivity index (χ4n) is 2.82. The van der Waals surface area contributed by atoms with Gasteiger partial charge >= 0.3 is 0 Å². The van der Waals surface area contributed by atoms with E-state index in [2.05, 4.69) is 31.4 Å². The molecular weight excluding hydrogens is 254 g/mol. The van der Waals surface area contributed by atoms with Gasteiger partial charge in [-0.15, -0.1) is 0 Å². The lowest BCUT2D eigenvalue weighted by molar-refractivity contribution is -0.0414. The summed E-state index contributed by atoms with van der Waals surface area (Å²) >= 11 is 0. The van der Waals surface area contributed by atoms with Gasteiger partial charge in [-0.1, -0.05) is 6.07 Å². The largest absolute Gasteiger partial charge is 0.382 e. The molecular formula is C14H19N5O. The summed E-state index contributed by atoms with van der Waals surface area (Å²) in [6, 6.07) is 4.04. The number of aromatic nitrogens is 4. The number of H-pyrrole nitrogens is 1. The smallest absolute Gasteiger partial charge is 0.123 e. The standard InChI is InChI=1S/C14H19N5O/c1-11-12(4-2-6-15-11)9-19-7-3-5-14(20,10-19)13-8-16-18-17-13/h2,4,6,8,20H,3,5,7,9-10H2,1H3,(H,16,17,18). The summed E-state index contributed by atoms with van der Waals surface area (Å²) in [5, 5.41) is 21.2. The second-order valence-corrected chi connectivity index (χ2v) is 5.45. The van der Waals surface area contributed by atoms with Gasteiger partial charge in [0.1, 0.15) is 11.3 Å². The van der Waals surface area contributed by atoms with Crippen molar-refractivity contribution in [3.8, 4) is 0 Å². The highest BCUT2D eigenvalue weighted by Crippen LogP contribution is 2.30. The predicted octanol–water partition coefficient (Wildman–Crippen LogP) is 0.992. The number of β-amino-alcohol motifs (C(OH)–C–C–N with tert-alkyl or cyclic N) is 1. The van der Waals surface area contributed by atoms with Gasteiger partial charge in [-0.3, -0.25) is 9.88 Å². The summed E-state index contributed by atoms with van der Waals surface area (Å²) in [7, 11) is 0. The van der Waals surface area contributed by atoms with Gasteiger partial charge in [0, 0.05) is 25.0 Å². The molecule has 1 aliphatic rings. The van der Waals surface area contributed by atoms with Crippen molar-refractivity contribution in [2.24, 2.45) is 0 Å². The minimum atomic E-state index is -0.901. The minimum Gasteiger partial charge on any atom is -0.382 e. The molecule has 6 nitrogen and oxygen atoms in total. The van der Waals surface area contributed by atoms with Crippen LogP contribution in [0, 0.1) is 6.92 Å². The molecule has 0 aliphatic carbocycles. The van der Waals surface area contributed by atoms with E-state index in [1.54, 1.807) is 12.4 Å². The van der Waals surface area contributed by atoms with E-state index >= 15 is 0 Å². The van der Waals surface area contributed by atoms with Crippen LogP contribution in [0.2, 0.25) is 0 Å². The van der Waals surface area contributed by atoms with E-state index in [1.165, 1.54) is 5.56 Å². The number of aryl methyl sites for hydroxylation is 1. The average molecular weight is 273 g/mol. The van der Waals surface area contributed by atoms with Crippen LogP contribution in [0.3, 0.4) is 0 Å². The maximum atomic E-state index is 10.8. The highest BCUT2D eigenvalue weighted by Gasteiger charge is 2.37. The molecule has 0 saturated carbocycles. The lowest BCUT2D eigenvalue weighted by Gasteiger charge is -2.38. The predicted molar refractivity (Wildman–Crippen MR) is 73.8 cm³/mol. The number of aliphatic hydroxyl groups is 1. The van der Waals surface area contributed by atoms with Crippen LogP contribution in [-0.2, 0) is 12.1 Å². The molecule has 0 radical (unpaired) electrons. The maximum Gasteiger partial charge on any atom is 0.123 e. The van der Waals surface area contributed by atoms with Gasteiger partial charge in [-0.25, -0.2) is 0 Å². The molecule has 6 heteroatoms. The molecule has 2 aromatic heterocycles. The SMILES string of the molecule is Cc1ncccc1CN1CCCC(O)(c2cn[nH]n2)C1. The molecule has 3 rings (SSSR count). The minimum absolute atomic E-state index is 0.577. The number of piperidine rings is 1. The summed E-state index contributed by atoms with van der Waals surface area (Å²) in [5.74, 6) is 0. The Hall–Kier alpha value is -1.79. The third-order valence-electron chi connectivity index (χ3n) is 3.95. The zero-order valence-corrected chi connectivity index (χ0v) is 11.6. The Morgan fingerprint density at radius 3 is 3.15 bits per heavy atom. The average Bonchev–Trinajstić information content (AvgIpc) is 2.96. The molecule has 1 saturated heterocycles. The van der Waals surface area contributed by atoms with E-state index in [1.807, 2.05) is 13.0 Å². The lowest BCUT2D eigenvalue weighted by atomic mass is 9.90. The molecule has 0 bridgehead atoms. The number of pyridine rings is 1. The Morgan fingerprint density at radius 2 is 2.40 bits per heavy atom. The first-order valence-corrected chi connectivity index (χ1v) is 6.89. The van der Waals surface area contributed by atoms with Crippen molar-refractivity contribution >= 4 is 0 Å². The monoisotopic (exact) mass is 273 g/mol. The summed E-state index contributed by atoms with van der Waals surface area (Å²) in [5.41, 5.74) is 1.98. The zero-order valence-electron chi connectivity index (χ0n) is 11.6. The molecule has 0 aromatic carbocycles. The van der Waals surface area contributed by atoms with Crippen molar-refractivity contribution in [3.63, 3.8) is 0 Å². The number of likely N-dealkylation sites (tertiary alicyclic amines) is 1. The molecule has 2 aromatic rings. The van der Waals surface area contributed by atoms with Crippen LogP contribution in [0.4, 0.5) is 0 Å². The van der Waals surface area contributed by atoms with Crippen LogP contribution in [0.25, 0.3) is 0 Å². The first-order chi connectivity index (χ1) is 9.67. The highest BCUT2D eigenvalue weighted by molar-refractivity contribution is 5.18. The van der Waals surface area contributed by atoms with E-state index in [-0.39, 0.29) is 0 Å². The summed E-state index contributed by atoms with van der Waals surface area (Å²) < 4.78 is 0. The molecule has 3 heterocycles. The normalized spacial score (nSPS) is 23.9. The van der Waals surface area contributed by atoms with Crippen LogP contribution in [0.1, 0.15) is 29.8 Å². The molecule has 1 unspecified atom stereocenters.